The molecule has 128 valence electrons. The van der Waals surface area contributed by atoms with Crippen LogP contribution in [0.4, 0.5) is 4.39 Å². The second-order valence-electron chi connectivity index (χ2n) is 5.46. The summed E-state index contributed by atoms with van der Waals surface area (Å²) in [6.07, 6.45) is 3.10. The molecule has 6 heteroatoms. The van der Waals surface area contributed by atoms with Gasteiger partial charge in [-0.15, -0.1) is 0 Å². The maximum Gasteiger partial charge on any atom is 0.335 e. The van der Waals surface area contributed by atoms with Crippen LogP contribution < -0.4 is 10.6 Å². The number of hydrogen-bond donors (Lipinski definition) is 3. The number of pyridine rings is 1. The highest BCUT2D eigenvalue weighted by Crippen LogP contribution is 2.06. The maximum atomic E-state index is 13.4. The molecule has 2 rings (SSSR count). The van der Waals surface area contributed by atoms with Gasteiger partial charge in [-0.3, -0.25) is 4.98 Å². The summed E-state index contributed by atoms with van der Waals surface area (Å²) in [5, 5.41) is 15.4. The van der Waals surface area contributed by atoms with E-state index in [0.717, 1.165) is 31.6 Å². The minimum atomic E-state index is -0.947. The Balaban J connectivity index is 1.55. The number of aromatic carboxylic acids is 1. The number of nitrogens with one attached hydrogen (secondary N) is 2. The molecule has 0 aliphatic carbocycles. The second kappa shape index (κ2) is 9.75. The first kappa shape index (κ1) is 18.0. The van der Waals surface area contributed by atoms with Crippen LogP contribution in [0, 0.1) is 5.82 Å². The normalized spacial score (nSPS) is 10.7. The van der Waals surface area contributed by atoms with Gasteiger partial charge in [-0.25, -0.2) is 9.18 Å². The van der Waals surface area contributed by atoms with Gasteiger partial charge in [-0.2, -0.15) is 0 Å². The number of nitrogens with zero attached hydrogens (tertiary/aromatic N) is 1. The molecule has 0 aliphatic heterocycles. The van der Waals surface area contributed by atoms with Crippen LogP contribution in [0.15, 0.2) is 42.6 Å². The van der Waals surface area contributed by atoms with E-state index in [1.165, 1.54) is 18.3 Å². The molecular formula is C18H22FN3O2. The van der Waals surface area contributed by atoms with Gasteiger partial charge < -0.3 is 15.7 Å². The van der Waals surface area contributed by atoms with E-state index in [-0.39, 0.29) is 11.4 Å². The standard InChI is InChI=1S/C18H22FN3O2/c19-17-5-2-1-4-14(17)6-10-20-8-3-9-21-13-16-12-15(18(23)24)7-11-22-16/h1-2,4-5,7,11-12,20-21H,3,6,8-10,13H2,(H,23,24). The zero-order valence-corrected chi connectivity index (χ0v) is 13.5. The van der Waals surface area contributed by atoms with Crippen molar-refractivity contribution < 1.29 is 14.3 Å². The summed E-state index contributed by atoms with van der Waals surface area (Å²) < 4.78 is 13.4. The fourth-order valence-corrected chi connectivity index (χ4v) is 2.31. The molecule has 1 heterocycles. The molecule has 0 atom stereocenters. The molecular weight excluding hydrogens is 309 g/mol. The van der Waals surface area contributed by atoms with E-state index < -0.39 is 5.97 Å². The minimum Gasteiger partial charge on any atom is -0.478 e. The summed E-state index contributed by atoms with van der Waals surface area (Å²) >= 11 is 0. The van der Waals surface area contributed by atoms with Crippen LogP contribution in [0.5, 0.6) is 0 Å². The topological polar surface area (TPSA) is 74.2 Å². The Kier molecular flexibility index (Phi) is 7.32. The van der Waals surface area contributed by atoms with Gasteiger partial charge in [0.15, 0.2) is 0 Å². The molecule has 0 radical (unpaired) electrons. The smallest absolute Gasteiger partial charge is 0.335 e. The molecule has 24 heavy (non-hydrogen) atoms. The van der Waals surface area contributed by atoms with Crippen molar-refractivity contribution in [1.29, 1.82) is 0 Å². The third-order valence-corrected chi connectivity index (χ3v) is 3.61. The van der Waals surface area contributed by atoms with Crippen molar-refractivity contribution in [2.45, 2.75) is 19.4 Å². The predicted octanol–water partition coefficient (Wildman–Crippen LogP) is 2.23. The SMILES string of the molecule is O=C(O)c1ccnc(CNCCCNCCc2ccccc2F)c1. The van der Waals surface area contributed by atoms with Crippen LogP contribution in [-0.4, -0.2) is 35.7 Å². The average molecular weight is 331 g/mol. The Hall–Kier alpha value is -2.31. The molecule has 0 spiro atoms. The van der Waals surface area contributed by atoms with Gasteiger partial charge in [-0.1, -0.05) is 18.2 Å². The molecule has 2 aromatic rings. The molecule has 0 fully saturated rings. The van der Waals surface area contributed by atoms with Crippen molar-refractivity contribution in [2.75, 3.05) is 19.6 Å². The van der Waals surface area contributed by atoms with Crippen LogP contribution in [-0.2, 0) is 13.0 Å². The third kappa shape index (κ3) is 6.06. The van der Waals surface area contributed by atoms with Crippen molar-refractivity contribution >= 4 is 5.97 Å². The van der Waals surface area contributed by atoms with Gasteiger partial charge in [0.1, 0.15) is 5.82 Å². The first-order valence-corrected chi connectivity index (χ1v) is 8.00. The number of halogens is 1. The fourth-order valence-electron chi connectivity index (χ4n) is 2.31. The predicted molar refractivity (Wildman–Crippen MR) is 90.5 cm³/mol. The summed E-state index contributed by atoms with van der Waals surface area (Å²) in [5.41, 5.74) is 1.69. The number of carboxylic acid groups (broad SMARTS) is 1. The van der Waals surface area contributed by atoms with Gasteiger partial charge in [0.25, 0.3) is 0 Å². The lowest BCUT2D eigenvalue weighted by Gasteiger charge is -2.07. The lowest BCUT2D eigenvalue weighted by atomic mass is 10.1. The number of hydrogen-bond acceptors (Lipinski definition) is 4. The van der Waals surface area contributed by atoms with Crippen molar-refractivity contribution in [3.63, 3.8) is 0 Å². The first-order chi connectivity index (χ1) is 11.7. The minimum absolute atomic E-state index is 0.156. The van der Waals surface area contributed by atoms with E-state index in [9.17, 15) is 9.18 Å². The molecule has 3 N–H and O–H groups in total. The monoisotopic (exact) mass is 331 g/mol. The molecule has 0 amide bonds. The molecule has 1 aromatic heterocycles. The molecule has 1 aromatic carbocycles. The molecule has 0 unspecified atom stereocenters. The quantitative estimate of drug-likeness (QED) is 0.582. The highest BCUT2D eigenvalue weighted by atomic mass is 19.1. The van der Waals surface area contributed by atoms with Crippen LogP contribution >= 0.6 is 0 Å². The molecule has 0 bridgehead atoms. The Morgan fingerprint density at radius 1 is 1.12 bits per heavy atom. The highest BCUT2D eigenvalue weighted by Gasteiger charge is 2.03. The average Bonchev–Trinajstić information content (AvgIpc) is 2.59. The summed E-state index contributed by atoms with van der Waals surface area (Å²) in [7, 11) is 0. The zero-order chi connectivity index (χ0) is 17.2. The van der Waals surface area contributed by atoms with Gasteiger partial charge in [0, 0.05) is 12.7 Å². The molecule has 0 aliphatic rings. The number of benzene rings is 1. The number of aromatic nitrogens is 1. The summed E-state index contributed by atoms with van der Waals surface area (Å²) in [6.45, 7) is 2.91. The summed E-state index contributed by atoms with van der Waals surface area (Å²) in [6, 6.07) is 9.87. The van der Waals surface area contributed by atoms with Gasteiger partial charge >= 0.3 is 5.97 Å². The van der Waals surface area contributed by atoms with Gasteiger partial charge in [0.05, 0.1) is 11.3 Å². The number of rotatable bonds is 10. The Morgan fingerprint density at radius 3 is 2.71 bits per heavy atom. The Labute approximate surface area is 140 Å². The largest absolute Gasteiger partial charge is 0.478 e. The number of carbonyl (C=O) groups is 1. The van der Waals surface area contributed by atoms with E-state index in [0.29, 0.717) is 18.7 Å². The molecule has 0 saturated carbocycles. The van der Waals surface area contributed by atoms with Crippen molar-refractivity contribution in [1.82, 2.24) is 15.6 Å². The molecule has 0 saturated heterocycles. The van der Waals surface area contributed by atoms with Crippen molar-refractivity contribution in [3.05, 3.63) is 65.2 Å². The van der Waals surface area contributed by atoms with Crippen LogP contribution in [0.1, 0.15) is 28.0 Å². The van der Waals surface area contributed by atoms with E-state index >= 15 is 0 Å². The van der Waals surface area contributed by atoms with Crippen molar-refractivity contribution in [3.8, 4) is 0 Å². The Bertz CT molecular complexity index is 664. The molecule has 5 nitrogen and oxygen atoms in total. The van der Waals surface area contributed by atoms with Crippen molar-refractivity contribution in [2.24, 2.45) is 0 Å². The lowest BCUT2D eigenvalue weighted by Crippen LogP contribution is -2.23. The van der Waals surface area contributed by atoms with Crippen LogP contribution in [0.2, 0.25) is 0 Å². The fraction of sp³-hybridized carbons (Fsp3) is 0.333. The highest BCUT2D eigenvalue weighted by molar-refractivity contribution is 5.87. The van der Waals surface area contributed by atoms with E-state index in [2.05, 4.69) is 15.6 Å². The van der Waals surface area contributed by atoms with E-state index in [4.69, 9.17) is 5.11 Å². The van der Waals surface area contributed by atoms with E-state index in [1.807, 2.05) is 6.07 Å². The lowest BCUT2D eigenvalue weighted by molar-refractivity contribution is 0.0696. The second-order valence-corrected chi connectivity index (χ2v) is 5.46. The summed E-state index contributed by atoms with van der Waals surface area (Å²) in [5.74, 6) is -1.10. The van der Waals surface area contributed by atoms with Gasteiger partial charge in [0.2, 0.25) is 0 Å². The number of carboxylic acids is 1. The zero-order valence-electron chi connectivity index (χ0n) is 13.5. The van der Waals surface area contributed by atoms with E-state index in [1.54, 1.807) is 18.2 Å². The van der Waals surface area contributed by atoms with Gasteiger partial charge in [-0.05, 0) is 56.2 Å². The van der Waals surface area contributed by atoms with Crippen LogP contribution in [0.3, 0.4) is 0 Å². The Morgan fingerprint density at radius 2 is 1.92 bits per heavy atom. The first-order valence-electron chi connectivity index (χ1n) is 8.00. The summed E-state index contributed by atoms with van der Waals surface area (Å²) in [4.78, 5) is 15.0. The maximum absolute atomic E-state index is 13.4. The van der Waals surface area contributed by atoms with Crippen LogP contribution in [0.25, 0.3) is 0 Å². The third-order valence-electron chi connectivity index (χ3n) is 3.61.